The van der Waals surface area contributed by atoms with Crippen LogP contribution in [-0.4, -0.2) is 57.9 Å². The van der Waals surface area contributed by atoms with Crippen molar-refractivity contribution in [3.05, 3.63) is 29.6 Å². The van der Waals surface area contributed by atoms with Crippen molar-refractivity contribution >= 4 is 41.3 Å². The van der Waals surface area contributed by atoms with Crippen LogP contribution in [0.4, 0.5) is 0 Å². The van der Waals surface area contributed by atoms with E-state index in [1.54, 1.807) is 11.4 Å². The van der Waals surface area contributed by atoms with Crippen molar-refractivity contribution in [1.82, 2.24) is 4.31 Å². The summed E-state index contributed by atoms with van der Waals surface area (Å²) in [6, 6.07) is 6.82. The maximum Gasteiger partial charge on any atom is 0.244 e. The van der Waals surface area contributed by atoms with Crippen LogP contribution in [-0.2, 0) is 24.6 Å². The van der Waals surface area contributed by atoms with E-state index in [4.69, 9.17) is 4.74 Å². The summed E-state index contributed by atoms with van der Waals surface area (Å²) in [6.07, 6.45) is 0.408. The van der Waals surface area contributed by atoms with Crippen molar-refractivity contribution in [2.75, 3.05) is 25.5 Å². The Kier molecular flexibility index (Phi) is 3.96. The molecule has 0 bridgehead atoms. The lowest BCUT2D eigenvalue weighted by Gasteiger charge is -2.42. The van der Waals surface area contributed by atoms with E-state index in [0.29, 0.717) is 18.4 Å². The van der Waals surface area contributed by atoms with Crippen molar-refractivity contribution in [1.29, 1.82) is 0 Å². The Balaban J connectivity index is 1.79. The molecule has 1 aromatic heterocycles. The van der Waals surface area contributed by atoms with Crippen LogP contribution in [0.25, 0.3) is 10.1 Å². The standard InChI is InChI=1S/C15H17NO5S3/c17-23(18)8-6-16(12-5-7-21-9-14(12)23)24(19,20)15-10-22-13-4-2-1-3-11(13)15/h1-4,10,12,14H,5-9H2/t12-,14-/m1/s1. The highest BCUT2D eigenvalue weighted by Crippen LogP contribution is 2.35. The summed E-state index contributed by atoms with van der Waals surface area (Å²) in [4.78, 5) is 0.271. The summed E-state index contributed by atoms with van der Waals surface area (Å²) in [6.45, 7) is 0.465. The van der Waals surface area contributed by atoms with Crippen LogP contribution in [0.3, 0.4) is 0 Å². The molecule has 0 aliphatic carbocycles. The van der Waals surface area contributed by atoms with Crippen LogP contribution in [0.5, 0.6) is 0 Å². The fraction of sp³-hybridized carbons (Fsp3) is 0.467. The molecular weight excluding hydrogens is 370 g/mol. The third-order valence-corrected chi connectivity index (χ3v) is 9.93. The number of fused-ring (bicyclic) bond motifs is 2. The molecule has 1 aromatic carbocycles. The molecule has 2 aliphatic heterocycles. The van der Waals surface area contributed by atoms with Gasteiger partial charge in [-0.15, -0.1) is 11.3 Å². The SMILES string of the molecule is O=S1(=O)CCN(S(=O)(=O)c2csc3ccccc23)[C@@H]2CCOC[C@H]21. The molecule has 0 N–H and O–H groups in total. The van der Waals surface area contributed by atoms with Gasteiger partial charge in [0.15, 0.2) is 9.84 Å². The van der Waals surface area contributed by atoms with Gasteiger partial charge < -0.3 is 4.74 Å². The van der Waals surface area contributed by atoms with Crippen molar-refractivity contribution in [2.24, 2.45) is 0 Å². The van der Waals surface area contributed by atoms with Crippen molar-refractivity contribution in [3.63, 3.8) is 0 Å². The Morgan fingerprint density at radius 3 is 2.88 bits per heavy atom. The van der Waals surface area contributed by atoms with E-state index in [2.05, 4.69) is 0 Å². The second-order valence-electron chi connectivity index (χ2n) is 6.05. The van der Waals surface area contributed by atoms with E-state index in [9.17, 15) is 16.8 Å². The summed E-state index contributed by atoms with van der Waals surface area (Å²) in [5.74, 6) is -0.154. The molecule has 0 saturated carbocycles. The number of sulfone groups is 1. The summed E-state index contributed by atoms with van der Waals surface area (Å²) < 4.78 is 58.6. The number of rotatable bonds is 2. The van der Waals surface area contributed by atoms with E-state index in [1.807, 2.05) is 18.2 Å². The van der Waals surface area contributed by atoms with Gasteiger partial charge >= 0.3 is 0 Å². The van der Waals surface area contributed by atoms with Gasteiger partial charge in [0, 0.05) is 34.7 Å². The molecule has 6 nitrogen and oxygen atoms in total. The number of nitrogens with zero attached hydrogens (tertiary/aromatic N) is 1. The fourth-order valence-electron chi connectivity index (χ4n) is 3.49. The first-order valence-corrected chi connectivity index (χ1v) is 11.7. The number of ether oxygens (including phenoxy) is 1. The molecule has 2 atom stereocenters. The molecular formula is C15H17NO5S3. The smallest absolute Gasteiger partial charge is 0.244 e. The van der Waals surface area contributed by atoms with E-state index >= 15 is 0 Å². The van der Waals surface area contributed by atoms with E-state index in [-0.39, 0.29) is 23.8 Å². The zero-order chi connectivity index (χ0) is 16.9. The van der Waals surface area contributed by atoms with Gasteiger partial charge in [-0.1, -0.05) is 18.2 Å². The number of hydrogen-bond acceptors (Lipinski definition) is 6. The monoisotopic (exact) mass is 387 g/mol. The normalized spacial score (nSPS) is 27.8. The predicted octanol–water partition coefficient (Wildman–Crippen LogP) is 1.48. The largest absolute Gasteiger partial charge is 0.380 e. The van der Waals surface area contributed by atoms with Crippen LogP contribution in [0.15, 0.2) is 34.5 Å². The lowest BCUT2D eigenvalue weighted by Crippen LogP contribution is -2.59. The summed E-state index contributed by atoms with van der Waals surface area (Å²) in [5, 5.41) is 1.58. The average molecular weight is 388 g/mol. The fourth-order valence-corrected chi connectivity index (χ4v) is 8.66. The molecule has 130 valence electrons. The molecule has 2 saturated heterocycles. The van der Waals surface area contributed by atoms with Gasteiger partial charge in [0.05, 0.1) is 12.4 Å². The highest BCUT2D eigenvalue weighted by molar-refractivity contribution is 7.92. The molecule has 4 rings (SSSR count). The van der Waals surface area contributed by atoms with Crippen LogP contribution in [0.1, 0.15) is 6.42 Å². The highest BCUT2D eigenvalue weighted by atomic mass is 32.2. The molecule has 0 unspecified atom stereocenters. The second-order valence-corrected chi connectivity index (χ2v) is 11.2. The Morgan fingerprint density at radius 2 is 2.04 bits per heavy atom. The molecule has 0 spiro atoms. The molecule has 2 fully saturated rings. The first-order valence-electron chi connectivity index (χ1n) is 7.69. The number of benzene rings is 1. The minimum atomic E-state index is -3.74. The summed E-state index contributed by atoms with van der Waals surface area (Å²) in [7, 11) is -7.06. The number of thiophene rings is 1. The minimum absolute atomic E-state index is 0.00993. The van der Waals surface area contributed by atoms with Crippen molar-refractivity contribution < 1.29 is 21.6 Å². The van der Waals surface area contributed by atoms with Crippen molar-refractivity contribution in [3.8, 4) is 0 Å². The van der Waals surface area contributed by atoms with Crippen LogP contribution >= 0.6 is 11.3 Å². The molecule has 3 heterocycles. The Morgan fingerprint density at radius 1 is 1.25 bits per heavy atom. The van der Waals surface area contributed by atoms with Gasteiger partial charge in [0.2, 0.25) is 10.0 Å². The predicted molar refractivity (Wildman–Crippen MR) is 92.5 cm³/mol. The minimum Gasteiger partial charge on any atom is -0.380 e. The van der Waals surface area contributed by atoms with E-state index in [0.717, 1.165) is 4.70 Å². The lowest BCUT2D eigenvalue weighted by molar-refractivity contribution is 0.0590. The zero-order valence-corrected chi connectivity index (χ0v) is 15.2. The van der Waals surface area contributed by atoms with Gasteiger partial charge in [-0.3, -0.25) is 0 Å². The second kappa shape index (κ2) is 5.77. The van der Waals surface area contributed by atoms with E-state index < -0.39 is 31.2 Å². The number of hydrogen-bond donors (Lipinski definition) is 0. The topological polar surface area (TPSA) is 80.8 Å². The molecule has 2 aromatic rings. The third kappa shape index (κ3) is 2.50. The first-order chi connectivity index (χ1) is 11.4. The van der Waals surface area contributed by atoms with Crippen LogP contribution in [0.2, 0.25) is 0 Å². The van der Waals surface area contributed by atoms with Gasteiger partial charge in [-0.2, -0.15) is 4.31 Å². The third-order valence-electron chi connectivity index (χ3n) is 4.73. The Hall–Kier alpha value is -1.00. The van der Waals surface area contributed by atoms with Gasteiger partial charge in [-0.05, 0) is 12.5 Å². The van der Waals surface area contributed by atoms with Crippen molar-refractivity contribution in [2.45, 2.75) is 22.6 Å². The van der Waals surface area contributed by atoms with Crippen LogP contribution < -0.4 is 0 Å². The molecule has 0 amide bonds. The maximum atomic E-state index is 13.2. The highest BCUT2D eigenvalue weighted by Gasteiger charge is 2.48. The molecule has 24 heavy (non-hydrogen) atoms. The van der Waals surface area contributed by atoms with E-state index in [1.165, 1.54) is 15.6 Å². The van der Waals surface area contributed by atoms with Gasteiger partial charge in [0.1, 0.15) is 10.1 Å². The summed E-state index contributed by atoms with van der Waals surface area (Å²) >= 11 is 1.39. The maximum absolute atomic E-state index is 13.2. The zero-order valence-electron chi connectivity index (χ0n) is 12.8. The van der Waals surface area contributed by atoms with Gasteiger partial charge in [-0.25, -0.2) is 16.8 Å². The quantitative estimate of drug-likeness (QED) is 0.780. The van der Waals surface area contributed by atoms with Gasteiger partial charge in [0.25, 0.3) is 0 Å². The molecule has 9 heteroatoms. The summed E-state index contributed by atoms with van der Waals surface area (Å²) in [5.41, 5.74) is 0. The molecule has 0 radical (unpaired) electrons. The van der Waals surface area contributed by atoms with Crippen LogP contribution in [0, 0.1) is 0 Å². The average Bonchev–Trinajstić information content (AvgIpc) is 2.99. The lowest BCUT2D eigenvalue weighted by atomic mass is 10.1. The molecule has 2 aliphatic rings. The Labute approximate surface area is 145 Å². The Bertz CT molecular complexity index is 979. The number of sulfonamides is 1. The first kappa shape index (κ1) is 16.5.